The summed E-state index contributed by atoms with van der Waals surface area (Å²) in [5.74, 6) is -0.966. The minimum atomic E-state index is -0.966. The Morgan fingerprint density at radius 3 is 3.06 bits per heavy atom. The van der Waals surface area contributed by atoms with Gasteiger partial charge in [0.25, 0.3) is 0 Å². The van der Waals surface area contributed by atoms with Crippen LogP contribution in [0.4, 0.5) is 0 Å². The lowest BCUT2D eigenvalue weighted by Gasteiger charge is -2.05. The zero-order valence-electron chi connectivity index (χ0n) is 10.1. The van der Waals surface area contributed by atoms with Gasteiger partial charge in [0.1, 0.15) is 0 Å². The largest absolute Gasteiger partial charge is 0.476 e. The summed E-state index contributed by atoms with van der Waals surface area (Å²) in [6.07, 6.45) is 4.33. The molecule has 0 aromatic carbocycles. The number of carbonyl (C=O) groups is 1. The molecule has 0 unspecified atom stereocenters. The first-order chi connectivity index (χ1) is 8.68. The lowest BCUT2D eigenvalue weighted by atomic mass is 10.1. The summed E-state index contributed by atoms with van der Waals surface area (Å²) < 4.78 is 1.63. The molecule has 1 aliphatic carbocycles. The van der Waals surface area contributed by atoms with Crippen LogP contribution in [0.1, 0.15) is 28.0 Å². The Hall–Kier alpha value is -2.17. The maximum Gasteiger partial charge on any atom is 0.356 e. The molecule has 1 aliphatic rings. The van der Waals surface area contributed by atoms with Gasteiger partial charge >= 0.3 is 5.97 Å². The monoisotopic (exact) mass is 243 g/mol. The van der Waals surface area contributed by atoms with Crippen molar-refractivity contribution in [1.29, 1.82) is 0 Å². The SMILES string of the molecule is Cn1nc(C(=O)O)c2c1-c1ncccc1CCC2. The number of carboxylic acids is 1. The number of rotatable bonds is 1. The van der Waals surface area contributed by atoms with Gasteiger partial charge in [0.15, 0.2) is 5.69 Å². The topological polar surface area (TPSA) is 68.0 Å². The standard InChI is InChI=1S/C13H13N3O2/c1-16-12-9(11(15-16)13(17)18)6-2-4-8-5-3-7-14-10(8)12/h3,5,7H,2,4,6H2,1H3,(H,17,18). The summed E-state index contributed by atoms with van der Waals surface area (Å²) in [7, 11) is 1.77. The molecule has 5 heteroatoms. The van der Waals surface area contributed by atoms with Crippen molar-refractivity contribution >= 4 is 5.97 Å². The van der Waals surface area contributed by atoms with Crippen LogP contribution in [0.5, 0.6) is 0 Å². The Morgan fingerprint density at radius 1 is 1.44 bits per heavy atom. The lowest BCUT2D eigenvalue weighted by Crippen LogP contribution is -2.02. The zero-order valence-corrected chi connectivity index (χ0v) is 10.1. The van der Waals surface area contributed by atoms with E-state index in [0.717, 1.165) is 41.8 Å². The van der Waals surface area contributed by atoms with E-state index >= 15 is 0 Å². The van der Waals surface area contributed by atoms with Crippen molar-refractivity contribution in [2.75, 3.05) is 0 Å². The third-order valence-corrected chi connectivity index (χ3v) is 3.34. The lowest BCUT2D eigenvalue weighted by molar-refractivity contribution is 0.0688. The van der Waals surface area contributed by atoms with Gasteiger partial charge in [0.05, 0.1) is 11.4 Å². The second kappa shape index (κ2) is 3.94. The first-order valence-corrected chi connectivity index (χ1v) is 5.92. The summed E-state index contributed by atoms with van der Waals surface area (Å²) in [6.45, 7) is 0. The minimum Gasteiger partial charge on any atom is -0.476 e. The molecule has 2 aromatic rings. The molecule has 0 bridgehead atoms. The third kappa shape index (κ3) is 1.51. The molecule has 2 heterocycles. The smallest absolute Gasteiger partial charge is 0.356 e. The molecule has 92 valence electrons. The quantitative estimate of drug-likeness (QED) is 0.827. The van der Waals surface area contributed by atoms with Gasteiger partial charge in [-0.15, -0.1) is 0 Å². The normalized spacial score (nSPS) is 13.6. The van der Waals surface area contributed by atoms with Gasteiger partial charge < -0.3 is 5.11 Å². The number of fused-ring (bicyclic) bond motifs is 3. The van der Waals surface area contributed by atoms with E-state index in [1.807, 2.05) is 12.1 Å². The highest BCUT2D eigenvalue weighted by atomic mass is 16.4. The van der Waals surface area contributed by atoms with E-state index in [0.29, 0.717) is 0 Å². The van der Waals surface area contributed by atoms with Crippen LogP contribution in [0.15, 0.2) is 18.3 Å². The van der Waals surface area contributed by atoms with Gasteiger partial charge in [-0.05, 0) is 30.9 Å². The van der Waals surface area contributed by atoms with Crippen molar-refractivity contribution in [2.24, 2.45) is 7.05 Å². The molecule has 5 nitrogen and oxygen atoms in total. The highest BCUT2D eigenvalue weighted by Gasteiger charge is 2.26. The molecule has 2 aromatic heterocycles. The first kappa shape index (κ1) is 11.0. The fraction of sp³-hybridized carbons (Fsp3) is 0.308. The second-order valence-corrected chi connectivity index (χ2v) is 4.47. The molecule has 18 heavy (non-hydrogen) atoms. The van der Waals surface area contributed by atoms with Crippen LogP contribution in [-0.2, 0) is 19.9 Å². The van der Waals surface area contributed by atoms with Crippen LogP contribution >= 0.6 is 0 Å². The number of hydrogen-bond donors (Lipinski definition) is 1. The highest BCUT2D eigenvalue weighted by molar-refractivity contribution is 5.89. The van der Waals surface area contributed by atoms with E-state index in [-0.39, 0.29) is 5.69 Å². The number of pyridine rings is 1. The number of carboxylic acid groups (broad SMARTS) is 1. The number of nitrogens with zero attached hydrogens (tertiary/aromatic N) is 3. The molecule has 0 saturated carbocycles. The first-order valence-electron chi connectivity index (χ1n) is 5.92. The fourth-order valence-corrected chi connectivity index (χ4v) is 2.58. The van der Waals surface area contributed by atoms with Gasteiger partial charge in [-0.1, -0.05) is 6.07 Å². The van der Waals surface area contributed by atoms with Crippen LogP contribution < -0.4 is 0 Å². The molecule has 0 atom stereocenters. The van der Waals surface area contributed by atoms with Crippen LogP contribution in [0.25, 0.3) is 11.4 Å². The fourth-order valence-electron chi connectivity index (χ4n) is 2.58. The molecule has 0 saturated heterocycles. The van der Waals surface area contributed by atoms with Gasteiger partial charge in [0.2, 0.25) is 0 Å². The van der Waals surface area contributed by atoms with E-state index in [1.165, 1.54) is 0 Å². The molecule has 0 radical (unpaired) electrons. The Morgan fingerprint density at radius 2 is 2.28 bits per heavy atom. The van der Waals surface area contributed by atoms with Crippen molar-refractivity contribution in [2.45, 2.75) is 19.3 Å². The van der Waals surface area contributed by atoms with Gasteiger partial charge in [-0.2, -0.15) is 5.10 Å². The third-order valence-electron chi connectivity index (χ3n) is 3.34. The van der Waals surface area contributed by atoms with Crippen LogP contribution in [0, 0.1) is 0 Å². The zero-order chi connectivity index (χ0) is 12.7. The Labute approximate surface area is 104 Å². The van der Waals surface area contributed by atoms with Gasteiger partial charge in [0, 0.05) is 18.8 Å². The number of hydrogen-bond acceptors (Lipinski definition) is 3. The van der Waals surface area contributed by atoms with Crippen LogP contribution in [-0.4, -0.2) is 25.8 Å². The summed E-state index contributed by atoms with van der Waals surface area (Å²) in [5.41, 5.74) is 3.85. The average molecular weight is 243 g/mol. The minimum absolute atomic E-state index is 0.158. The van der Waals surface area contributed by atoms with E-state index in [1.54, 1.807) is 17.9 Å². The summed E-state index contributed by atoms with van der Waals surface area (Å²) >= 11 is 0. The van der Waals surface area contributed by atoms with Crippen molar-refractivity contribution in [3.63, 3.8) is 0 Å². The predicted octanol–water partition coefficient (Wildman–Crippen LogP) is 1.67. The highest BCUT2D eigenvalue weighted by Crippen LogP contribution is 2.32. The second-order valence-electron chi connectivity index (χ2n) is 4.47. The van der Waals surface area contributed by atoms with Crippen LogP contribution in [0.2, 0.25) is 0 Å². The Balaban J connectivity index is 2.31. The van der Waals surface area contributed by atoms with Crippen molar-refractivity contribution in [3.05, 3.63) is 35.2 Å². The molecule has 1 N–H and O–H groups in total. The van der Waals surface area contributed by atoms with Crippen molar-refractivity contribution in [3.8, 4) is 11.4 Å². The van der Waals surface area contributed by atoms with E-state index in [4.69, 9.17) is 0 Å². The molecule has 0 fully saturated rings. The number of aromatic carboxylic acids is 1. The van der Waals surface area contributed by atoms with Gasteiger partial charge in [-0.3, -0.25) is 9.67 Å². The summed E-state index contributed by atoms with van der Waals surface area (Å²) in [5, 5.41) is 13.3. The Kier molecular flexibility index (Phi) is 2.40. The molecule has 0 amide bonds. The van der Waals surface area contributed by atoms with E-state index < -0.39 is 5.97 Å². The number of aryl methyl sites for hydroxylation is 2. The predicted molar refractivity (Wildman–Crippen MR) is 65.4 cm³/mol. The van der Waals surface area contributed by atoms with E-state index in [2.05, 4.69) is 10.1 Å². The maximum atomic E-state index is 11.2. The molecule has 0 spiro atoms. The van der Waals surface area contributed by atoms with Crippen molar-refractivity contribution < 1.29 is 9.90 Å². The summed E-state index contributed by atoms with van der Waals surface area (Å²) in [4.78, 5) is 15.6. The maximum absolute atomic E-state index is 11.2. The molecular formula is C13H13N3O2. The molecule has 0 aliphatic heterocycles. The Bertz CT molecular complexity index is 631. The number of aromatic nitrogens is 3. The molecule has 3 rings (SSSR count). The van der Waals surface area contributed by atoms with Crippen molar-refractivity contribution in [1.82, 2.24) is 14.8 Å². The average Bonchev–Trinajstić information content (AvgIpc) is 2.57. The molecular weight excluding hydrogens is 230 g/mol. The summed E-state index contributed by atoms with van der Waals surface area (Å²) in [6, 6.07) is 3.96. The van der Waals surface area contributed by atoms with Crippen LogP contribution in [0.3, 0.4) is 0 Å². The van der Waals surface area contributed by atoms with E-state index in [9.17, 15) is 9.90 Å². The van der Waals surface area contributed by atoms with Gasteiger partial charge in [-0.25, -0.2) is 4.79 Å².